The van der Waals surface area contributed by atoms with Gasteiger partial charge in [-0.3, -0.25) is 0 Å². The van der Waals surface area contributed by atoms with Crippen molar-refractivity contribution in [3.63, 3.8) is 0 Å². The smallest absolute Gasteiger partial charge is 0.240 e. The maximum Gasteiger partial charge on any atom is 0.240 e. The molecular formula is C22H30N6O2S. The summed E-state index contributed by atoms with van der Waals surface area (Å²) in [5, 5.41) is 3.66. The second kappa shape index (κ2) is 10.6. The summed E-state index contributed by atoms with van der Waals surface area (Å²) < 4.78 is 28.1. The van der Waals surface area contributed by atoms with E-state index in [0.717, 1.165) is 42.7 Å². The Labute approximate surface area is 184 Å². The zero-order valence-electron chi connectivity index (χ0n) is 18.1. The fourth-order valence-corrected chi connectivity index (χ4v) is 4.91. The number of hydrogen-bond acceptors (Lipinski definition) is 5. The van der Waals surface area contributed by atoms with Gasteiger partial charge in [0.25, 0.3) is 0 Å². The van der Waals surface area contributed by atoms with Crippen molar-refractivity contribution in [2.75, 3.05) is 51.7 Å². The van der Waals surface area contributed by atoms with E-state index in [0.29, 0.717) is 25.6 Å². The van der Waals surface area contributed by atoms with Gasteiger partial charge in [-0.15, -0.1) is 0 Å². The molecule has 2 aromatic carbocycles. The van der Waals surface area contributed by atoms with Crippen molar-refractivity contribution in [1.82, 2.24) is 9.62 Å². The van der Waals surface area contributed by atoms with Crippen molar-refractivity contribution in [3.05, 3.63) is 59.0 Å². The molecule has 0 unspecified atom stereocenters. The Kier molecular flexibility index (Phi) is 7.92. The van der Waals surface area contributed by atoms with E-state index in [1.54, 1.807) is 12.1 Å². The van der Waals surface area contributed by atoms with Crippen LogP contribution in [0.3, 0.4) is 0 Å². The quantitative estimate of drug-likeness (QED) is 0.363. The number of hydrogen-bond donors (Lipinski definition) is 1. The van der Waals surface area contributed by atoms with Crippen LogP contribution in [-0.4, -0.2) is 60.1 Å². The first-order valence-electron chi connectivity index (χ1n) is 10.5. The Balaban J connectivity index is 1.55. The number of azide groups is 1. The van der Waals surface area contributed by atoms with Crippen LogP contribution in [0.1, 0.15) is 12.8 Å². The van der Waals surface area contributed by atoms with E-state index in [4.69, 9.17) is 5.53 Å². The van der Waals surface area contributed by atoms with Crippen molar-refractivity contribution in [3.8, 4) is 11.1 Å². The summed E-state index contributed by atoms with van der Waals surface area (Å²) in [6.45, 7) is 3.38. The first-order chi connectivity index (χ1) is 14.9. The van der Waals surface area contributed by atoms with Crippen molar-refractivity contribution < 1.29 is 8.42 Å². The highest BCUT2D eigenvalue weighted by molar-refractivity contribution is 7.89. The van der Waals surface area contributed by atoms with Crippen LogP contribution in [-0.2, 0) is 10.0 Å². The van der Waals surface area contributed by atoms with Gasteiger partial charge in [-0.2, -0.15) is 0 Å². The van der Waals surface area contributed by atoms with Crippen molar-refractivity contribution in [1.29, 1.82) is 0 Å². The Hall–Kier alpha value is -2.58. The van der Waals surface area contributed by atoms with Crippen molar-refractivity contribution in [2.45, 2.75) is 17.7 Å². The number of piperidine rings is 1. The Morgan fingerprint density at radius 3 is 2.45 bits per heavy atom. The number of sulfonamides is 1. The van der Waals surface area contributed by atoms with E-state index in [1.807, 2.05) is 55.4 Å². The zero-order valence-corrected chi connectivity index (χ0v) is 18.9. The van der Waals surface area contributed by atoms with E-state index < -0.39 is 10.0 Å². The van der Waals surface area contributed by atoms with Gasteiger partial charge in [0.2, 0.25) is 10.0 Å². The molecule has 1 N–H and O–H groups in total. The van der Waals surface area contributed by atoms with Gasteiger partial charge in [0, 0.05) is 49.9 Å². The Morgan fingerprint density at radius 1 is 1.13 bits per heavy atom. The molecule has 0 spiro atoms. The largest absolute Gasteiger partial charge is 0.377 e. The third-order valence-electron chi connectivity index (χ3n) is 5.69. The topological polar surface area (TPSA) is 101 Å². The zero-order chi connectivity index (χ0) is 22.3. The maximum absolute atomic E-state index is 12.7. The summed E-state index contributed by atoms with van der Waals surface area (Å²) in [6.07, 6.45) is 1.95. The molecule has 0 atom stereocenters. The van der Waals surface area contributed by atoms with Gasteiger partial charge in [-0.25, -0.2) is 13.1 Å². The third kappa shape index (κ3) is 6.21. The van der Waals surface area contributed by atoms with Gasteiger partial charge in [0.05, 0.1) is 4.90 Å². The molecule has 9 heteroatoms. The van der Waals surface area contributed by atoms with Crippen LogP contribution >= 0.6 is 0 Å². The van der Waals surface area contributed by atoms with Crippen LogP contribution in [0.25, 0.3) is 21.6 Å². The lowest BCUT2D eigenvalue weighted by Crippen LogP contribution is -2.40. The van der Waals surface area contributed by atoms with E-state index in [1.165, 1.54) is 0 Å². The molecule has 1 heterocycles. The summed E-state index contributed by atoms with van der Waals surface area (Å²) in [5.74, 6) is 0.431. The highest BCUT2D eigenvalue weighted by Crippen LogP contribution is 2.30. The molecule has 1 fully saturated rings. The average Bonchev–Trinajstić information content (AvgIpc) is 2.78. The minimum absolute atomic E-state index is 0.270. The minimum Gasteiger partial charge on any atom is -0.377 e. The lowest BCUT2D eigenvalue weighted by atomic mass is 9.97. The fourth-order valence-electron chi connectivity index (χ4n) is 3.89. The minimum atomic E-state index is -3.55. The van der Waals surface area contributed by atoms with Gasteiger partial charge in [-0.1, -0.05) is 35.4 Å². The highest BCUT2D eigenvalue weighted by atomic mass is 32.2. The highest BCUT2D eigenvalue weighted by Gasteiger charge is 2.19. The Morgan fingerprint density at radius 2 is 1.81 bits per heavy atom. The molecule has 1 aliphatic rings. The maximum atomic E-state index is 12.7. The lowest BCUT2D eigenvalue weighted by molar-refractivity contribution is 0.190. The molecule has 166 valence electrons. The molecule has 0 bridgehead atoms. The molecule has 8 nitrogen and oxygen atoms in total. The summed E-state index contributed by atoms with van der Waals surface area (Å²) in [4.78, 5) is 7.38. The molecule has 3 rings (SSSR count). The van der Waals surface area contributed by atoms with E-state index >= 15 is 0 Å². The number of nitrogens with one attached hydrogen (secondary N) is 1. The molecule has 0 amide bonds. The summed E-state index contributed by atoms with van der Waals surface area (Å²) >= 11 is 0. The fraction of sp³-hybridized carbons (Fsp3) is 0.455. The van der Waals surface area contributed by atoms with Crippen molar-refractivity contribution in [2.24, 2.45) is 11.0 Å². The van der Waals surface area contributed by atoms with Crippen LogP contribution in [0.5, 0.6) is 0 Å². The first kappa shape index (κ1) is 23.1. The van der Waals surface area contributed by atoms with Gasteiger partial charge in [0.15, 0.2) is 0 Å². The number of benzene rings is 2. The monoisotopic (exact) mass is 442 g/mol. The molecule has 1 aliphatic heterocycles. The SMILES string of the molecule is CN(C)c1ccccc1-c1ccc(S(=O)(=O)NCCN2CCC(CN=[N+]=[N-])CC2)cc1. The molecule has 2 aromatic rings. The van der Waals surface area contributed by atoms with Gasteiger partial charge >= 0.3 is 0 Å². The Bertz CT molecular complexity index is 1010. The van der Waals surface area contributed by atoms with E-state index in [-0.39, 0.29) is 4.90 Å². The van der Waals surface area contributed by atoms with Gasteiger partial charge in [0.1, 0.15) is 0 Å². The molecule has 1 saturated heterocycles. The first-order valence-corrected chi connectivity index (χ1v) is 12.0. The predicted molar refractivity (Wildman–Crippen MR) is 125 cm³/mol. The van der Waals surface area contributed by atoms with E-state index in [2.05, 4.69) is 19.6 Å². The molecule has 31 heavy (non-hydrogen) atoms. The number of para-hydroxylation sites is 1. The lowest BCUT2D eigenvalue weighted by Gasteiger charge is -2.31. The normalized spacial score (nSPS) is 15.4. The summed E-state index contributed by atoms with van der Waals surface area (Å²) in [6, 6.07) is 15.1. The van der Waals surface area contributed by atoms with E-state index in [9.17, 15) is 8.42 Å². The molecule has 0 aliphatic carbocycles. The molecule has 0 saturated carbocycles. The number of rotatable bonds is 9. The van der Waals surface area contributed by atoms with Gasteiger partial charge < -0.3 is 9.80 Å². The second-order valence-electron chi connectivity index (χ2n) is 8.03. The number of nitrogens with zero attached hydrogens (tertiary/aromatic N) is 5. The van der Waals surface area contributed by atoms with Crippen LogP contribution in [0.4, 0.5) is 5.69 Å². The third-order valence-corrected chi connectivity index (χ3v) is 7.17. The van der Waals surface area contributed by atoms with Crippen molar-refractivity contribution >= 4 is 15.7 Å². The van der Waals surface area contributed by atoms with Crippen LogP contribution in [0.15, 0.2) is 58.5 Å². The number of anilines is 1. The second-order valence-corrected chi connectivity index (χ2v) is 9.80. The molecule has 0 radical (unpaired) electrons. The summed E-state index contributed by atoms with van der Waals surface area (Å²) in [5.41, 5.74) is 11.5. The predicted octanol–water partition coefficient (Wildman–Crippen LogP) is 3.72. The summed E-state index contributed by atoms with van der Waals surface area (Å²) in [7, 11) is 0.429. The molecular weight excluding hydrogens is 412 g/mol. The molecule has 0 aromatic heterocycles. The van der Waals surface area contributed by atoms with Crippen LogP contribution in [0.2, 0.25) is 0 Å². The average molecular weight is 443 g/mol. The van der Waals surface area contributed by atoms with Crippen LogP contribution in [0, 0.1) is 5.92 Å². The van der Waals surface area contributed by atoms with Crippen LogP contribution < -0.4 is 9.62 Å². The standard InChI is InChI=1S/C22H30N6O2S/c1-27(2)22-6-4-3-5-21(22)19-7-9-20(10-8-19)31(29,30)25-13-16-28-14-11-18(12-15-28)17-24-26-23/h3-10,18,25H,11-17H2,1-2H3. The number of likely N-dealkylation sites (tertiary alicyclic amines) is 1. The van der Waals surface area contributed by atoms with Gasteiger partial charge in [-0.05, 0) is 61.1 Å².